The molecule has 0 unspecified atom stereocenters. The van der Waals surface area contributed by atoms with Gasteiger partial charge in [0.25, 0.3) is 0 Å². The van der Waals surface area contributed by atoms with Crippen LogP contribution in [0.1, 0.15) is 5.56 Å². The second-order valence-corrected chi connectivity index (χ2v) is 5.62. The van der Waals surface area contributed by atoms with Gasteiger partial charge < -0.3 is 4.18 Å². The standard InChI is InChI=1S/C13H11NO5S/c1-10-6-8-11(9-7-10)20(17,18)19-13-5-3-2-4-12(13)14(15)16/h2-9H,1H3. The molecule has 0 amide bonds. The van der Waals surface area contributed by atoms with E-state index in [1.165, 1.54) is 36.4 Å². The third kappa shape index (κ3) is 2.94. The molecule has 0 spiro atoms. The maximum atomic E-state index is 12.0. The molecule has 0 radical (unpaired) electrons. The molecule has 0 atom stereocenters. The van der Waals surface area contributed by atoms with E-state index in [1.807, 2.05) is 6.92 Å². The molecule has 2 aromatic carbocycles. The summed E-state index contributed by atoms with van der Waals surface area (Å²) in [5, 5.41) is 10.8. The third-order valence-corrected chi connectivity index (χ3v) is 3.82. The number of hydrogen-bond acceptors (Lipinski definition) is 5. The van der Waals surface area contributed by atoms with Crippen molar-refractivity contribution in [3.05, 3.63) is 64.2 Å². The van der Waals surface area contributed by atoms with Crippen LogP contribution in [0.3, 0.4) is 0 Å². The monoisotopic (exact) mass is 293 g/mol. The molecule has 2 aromatic rings. The highest BCUT2D eigenvalue weighted by Gasteiger charge is 2.22. The Morgan fingerprint density at radius 1 is 1.05 bits per heavy atom. The molecular weight excluding hydrogens is 282 g/mol. The summed E-state index contributed by atoms with van der Waals surface area (Å²) in [6, 6.07) is 11.3. The van der Waals surface area contributed by atoms with E-state index in [-0.39, 0.29) is 10.6 Å². The number of nitro groups is 1. The fourth-order valence-corrected chi connectivity index (χ4v) is 2.49. The van der Waals surface area contributed by atoms with Gasteiger partial charge in [-0.2, -0.15) is 8.42 Å². The first-order valence-corrected chi connectivity index (χ1v) is 7.05. The van der Waals surface area contributed by atoms with Gasteiger partial charge in [0.1, 0.15) is 4.90 Å². The van der Waals surface area contributed by atoms with Crippen LogP contribution in [0.15, 0.2) is 53.4 Å². The van der Waals surface area contributed by atoms with Crippen LogP contribution >= 0.6 is 0 Å². The van der Waals surface area contributed by atoms with Crippen molar-refractivity contribution in [2.75, 3.05) is 0 Å². The molecule has 7 heteroatoms. The summed E-state index contributed by atoms with van der Waals surface area (Å²) in [7, 11) is -4.09. The predicted molar refractivity (Wildman–Crippen MR) is 72.1 cm³/mol. The maximum absolute atomic E-state index is 12.0. The molecule has 0 aliphatic heterocycles. The van der Waals surface area contributed by atoms with Crippen LogP contribution in [0.4, 0.5) is 5.69 Å². The summed E-state index contributed by atoms with van der Waals surface area (Å²) >= 11 is 0. The van der Waals surface area contributed by atoms with Gasteiger partial charge >= 0.3 is 15.8 Å². The highest BCUT2D eigenvalue weighted by Crippen LogP contribution is 2.28. The van der Waals surface area contributed by atoms with Crippen molar-refractivity contribution in [3.8, 4) is 5.75 Å². The van der Waals surface area contributed by atoms with Gasteiger partial charge in [-0.25, -0.2) is 0 Å². The highest BCUT2D eigenvalue weighted by molar-refractivity contribution is 7.87. The summed E-state index contributed by atoms with van der Waals surface area (Å²) in [6.45, 7) is 1.82. The topological polar surface area (TPSA) is 86.5 Å². The summed E-state index contributed by atoms with van der Waals surface area (Å²) in [6.07, 6.45) is 0. The van der Waals surface area contributed by atoms with Gasteiger partial charge in [-0.15, -0.1) is 0 Å². The van der Waals surface area contributed by atoms with Crippen LogP contribution in [-0.2, 0) is 10.1 Å². The molecular formula is C13H11NO5S. The zero-order valence-electron chi connectivity index (χ0n) is 10.5. The molecule has 0 N–H and O–H groups in total. The van der Waals surface area contributed by atoms with Crippen LogP contribution in [0.2, 0.25) is 0 Å². The maximum Gasteiger partial charge on any atom is 0.339 e. The SMILES string of the molecule is Cc1ccc(S(=O)(=O)Oc2ccccc2[N+](=O)[O-])cc1. The van der Waals surface area contributed by atoms with E-state index in [4.69, 9.17) is 4.18 Å². The largest absolute Gasteiger partial charge is 0.372 e. The van der Waals surface area contributed by atoms with Crippen molar-refractivity contribution in [2.45, 2.75) is 11.8 Å². The van der Waals surface area contributed by atoms with Crippen LogP contribution in [0, 0.1) is 17.0 Å². The average molecular weight is 293 g/mol. The fourth-order valence-electron chi connectivity index (χ4n) is 1.55. The lowest BCUT2D eigenvalue weighted by Crippen LogP contribution is -2.10. The Hall–Kier alpha value is -2.41. The molecule has 2 rings (SSSR count). The van der Waals surface area contributed by atoms with E-state index in [0.29, 0.717) is 0 Å². The first-order valence-electron chi connectivity index (χ1n) is 5.65. The van der Waals surface area contributed by atoms with Crippen molar-refractivity contribution in [3.63, 3.8) is 0 Å². The molecule has 0 aliphatic rings. The number of rotatable bonds is 4. The number of nitrogens with zero attached hydrogens (tertiary/aromatic N) is 1. The summed E-state index contributed by atoms with van der Waals surface area (Å²) in [5.74, 6) is -0.307. The van der Waals surface area contributed by atoms with Gasteiger partial charge in [0.15, 0.2) is 0 Å². The van der Waals surface area contributed by atoms with E-state index >= 15 is 0 Å². The van der Waals surface area contributed by atoms with Crippen molar-refractivity contribution in [1.82, 2.24) is 0 Å². The Kier molecular flexibility index (Phi) is 3.71. The van der Waals surface area contributed by atoms with Gasteiger partial charge in [-0.05, 0) is 25.1 Å². The van der Waals surface area contributed by atoms with E-state index in [2.05, 4.69) is 0 Å². The first kappa shape index (κ1) is 14.0. The molecule has 0 fully saturated rings. The quantitative estimate of drug-likeness (QED) is 0.491. The number of para-hydroxylation sites is 2. The highest BCUT2D eigenvalue weighted by atomic mass is 32.2. The summed E-state index contributed by atoms with van der Waals surface area (Å²) < 4.78 is 28.9. The van der Waals surface area contributed by atoms with E-state index in [0.717, 1.165) is 5.56 Å². The lowest BCUT2D eigenvalue weighted by Gasteiger charge is -2.07. The van der Waals surface area contributed by atoms with Crippen LogP contribution in [0.5, 0.6) is 5.75 Å². The van der Waals surface area contributed by atoms with Crippen LogP contribution in [-0.4, -0.2) is 13.3 Å². The van der Waals surface area contributed by atoms with Gasteiger partial charge in [0.2, 0.25) is 5.75 Å². The Morgan fingerprint density at radius 3 is 2.25 bits per heavy atom. The molecule has 6 nitrogen and oxygen atoms in total. The van der Waals surface area contributed by atoms with E-state index in [1.54, 1.807) is 12.1 Å². The Morgan fingerprint density at radius 2 is 1.65 bits per heavy atom. The van der Waals surface area contributed by atoms with Crippen LogP contribution in [0.25, 0.3) is 0 Å². The third-order valence-electron chi connectivity index (χ3n) is 2.57. The second-order valence-electron chi connectivity index (χ2n) is 4.08. The smallest absolute Gasteiger partial charge is 0.339 e. The first-order chi connectivity index (χ1) is 9.40. The lowest BCUT2D eigenvalue weighted by molar-refractivity contribution is -0.385. The minimum Gasteiger partial charge on any atom is -0.372 e. The zero-order chi connectivity index (χ0) is 14.8. The molecule has 0 aliphatic carbocycles. The zero-order valence-corrected chi connectivity index (χ0v) is 11.3. The molecule has 20 heavy (non-hydrogen) atoms. The molecule has 0 bridgehead atoms. The normalized spacial score (nSPS) is 11.1. The van der Waals surface area contributed by atoms with Gasteiger partial charge in [0, 0.05) is 6.07 Å². The summed E-state index contributed by atoms with van der Waals surface area (Å²) in [5.41, 5.74) is 0.498. The number of benzene rings is 2. The van der Waals surface area contributed by atoms with Gasteiger partial charge in [-0.3, -0.25) is 10.1 Å². The molecule has 0 saturated carbocycles. The van der Waals surface area contributed by atoms with E-state index < -0.39 is 20.7 Å². The van der Waals surface area contributed by atoms with Crippen molar-refractivity contribution in [2.24, 2.45) is 0 Å². The van der Waals surface area contributed by atoms with Gasteiger partial charge in [-0.1, -0.05) is 29.8 Å². The molecule has 104 valence electrons. The summed E-state index contributed by atoms with van der Waals surface area (Å²) in [4.78, 5) is 10.1. The minimum atomic E-state index is -4.09. The van der Waals surface area contributed by atoms with Crippen molar-refractivity contribution < 1.29 is 17.5 Å². The van der Waals surface area contributed by atoms with E-state index in [9.17, 15) is 18.5 Å². The van der Waals surface area contributed by atoms with Crippen LogP contribution < -0.4 is 4.18 Å². The van der Waals surface area contributed by atoms with Crippen molar-refractivity contribution in [1.29, 1.82) is 0 Å². The average Bonchev–Trinajstić information content (AvgIpc) is 2.39. The lowest BCUT2D eigenvalue weighted by atomic mass is 10.2. The molecule has 0 aromatic heterocycles. The number of nitro benzene ring substituents is 1. The second kappa shape index (κ2) is 5.30. The Balaban J connectivity index is 2.38. The van der Waals surface area contributed by atoms with Gasteiger partial charge in [0.05, 0.1) is 4.92 Å². The fraction of sp³-hybridized carbons (Fsp3) is 0.0769. The predicted octanol–water partition coefficient (Wildman–Crippen LogP) is 2.67. The molecule has 0 saturated heterocycles. The number of aryl methyl sites for hydroxylation is 1. The number of hydrogen-bond donors (Lipinski definition) is 0. The Bertz CT molecular complexity index is 738. The molecule has 0 heterocycles. The Labute approximate surface area is 115 Å². The minimum absolute atomic E-state index is 0.0544. The van der Waals surface area contributed by atoms with Crippen molar-refractivity contribution >= 4 is 15.8 Å².